The highest BCUT2D eigenvalue weighted by Gasteiger charge is 2.44. The quantitative estimate of drug-likeness (QED) is 0.218. The number of nitrogens with zero attached hydrogens (tertiary/aromatic N) is 2. The van der Waals surface area contributed by atoms with Crippen LogP contribution in [0.5, 0.6) is 0 Å². The van der Waals surface area contributed by atoms with E-state index >= 15 is 0 Å². The van der Waals surface area contributed by atoms with Gasteiger partial charge in [0, 0.05) is 49.6 Å². The number of halogens is 3. The number of fused-ring (bicyclic) bond motifs is 1. The summed E-state index contributed by atoms with van der Waals surface area (Å²) in [5.74, 6) is -4.43. The van der Waals surface area contributed by atoms with Gasteiger partial charge < -0.3 is 25.4 Å². The van der Waals surface area contributed by atoms with Crippen LogP contribution in [0.3, 0.4) is 0 Å². The lowest BCUT2D eigenvalue weighted by atomic mass is 10.0. The van der Waals surface area contributed by atoms with E-state index in [1.807, 2.05) is 18.2 Å². The van der Waals surface area contributed by atoms with E-state index in [2.05, 4.69) is 4.74 Å². The van der Waals surface area contributed by atoms with Crippen molar-refractivity contribution in [3.8, 4) is 0 Å². The maximum absolute atomic E-state index is 13.9. The summed E-state index contributed by atoms with van der Waals surface area (Å²) in [5, 5.41) is 7.86. The summed E-state index contributed by atoms with van der Waals surface area (Å²) in [6.45, 7) is 1.80. The average molecular weight is 564 g/mol. The number of ether oxygens (including phenoxy) is 1. The summed E-state index contributed by atoms with van der Waals surface area (Å²) < 4.78 is 44.3. The van der Waals surface area contributed by atoms with E-state index in [-0.39, 0.29) is 56.1 Å². The molecule has 0 unspecified atom stereocenters. The Morgan fingerprint density at radius 1 is 1.07 bits per heavy atom. The highest BCUT2D eigenvalue weighted by atomic mass is 19.2. The summed E-state index contributed by atoms with van der Waals surface area (Å²) in [5.41, 5.74) is 6.59. The lowest BCUT2D eigenvalue weighted by Gasteiger charge is -2.26. The fourth-order valence-electron chi connectivity index (χ4n) is 4.75. The van der Waals surface area contributed by atoms with Crippen molar-refractivity contribution in [2.24, 2.45) is 11.7 Å². The number of nitrogens with two attached hydrogens (primary N) is 1. The van der Waals surface area contributed by atoms with Gasteiger partial charge in [-0.1, -0.05) is 25.6 Å². The van der Waals surface area contributed by atoms with E-state index in [4.69, 9.17) is 10.8 Å². The molecule has 12 heteroatoms. The second kappa shape index (κ2) is 14.8. The minimum atomic E-state index is -1.26. The fraction of sp³-hybridized carbons (Fsp3) is 0.357. The van der Waals surface area contributed by atoms with Gasteiger partial charge in [0.2, 0.25) is 5.91 Å². The van der Waals surface area contributed by atoms with Gasteiger partial charge in [-0.2, -0.15) is 0 Å². The molecule has 0 saturated carbocycles. The van der Waals surface area contributed by atoms with Crippen molar-refractivity contribution in [3.63, 3.8) is 0 Å². The first-order valence-electron chi connectivity index (χ1n) is 12.1. The molecule has 4 rings (SSSR count). The minimum absolute atomic E-state index is 0. The molecule has 2 aliphatic rings. The van der Waals surface area contributed by atoms with Crippen molar-refractivity contribution in [3.05, 3.63) is 83.4 Å². The Morgan fingerprint density at radius 2 is 1.75 bits per heavy atom. The molecular formula is C28H32F3N3O6. The van der Waals surface area contributed by atoms with Crippen LogP contribution in [0.15, 0.2) is 54.8 Å². The normalized spacial score (nSPS) is 18.3. The Labute approximate surface area is 230 Å². The van der Waals surface area contributed by atoms with Crippen molar-refractivity contribution >= 4 is 24.3 Å². The van der Waals surface area contributed by atoms with Gasteiger partial charge in [-0.3, -0.25) is 14.4 Å². The van der Waals surface area contributed by atoms with Crippen LogP contribution in [-0.4, -0.2) is 70.9 Å². The van der Waals surface area contributed by atoms with Crippen LogP contribution in [0.25, 0.3) is 0 Å². The third-order valence-corrected chi connectivity index (χ3v) is 6.53. The minimum Gasteiger partial charge on any atom is -0.478 e. The van der Waals surface area contributed by atoms with Gasteiger partial charge in [-0.15, -0.1) is 0 Å². The predicted octanol–water partition coefficient (Wildman–Crippen LogP) is 3.13. The number of benzene rings is 2. The Hall–Kier alpha value is -4.19. The molecule has 2 aliphatic heterocycles. The van der Waals surface area contributed by atoms with Crippen molar-refractivity contribution in [2.75, 3.05) is 19.6 Å². The largest absolute Gasteiger partial charge is 0.478 e. The predicted molar refractivity (Wildman–Crippen MR) is 139 cm³/mol. The number of carboxylic acids is 1. The number of amides is 2. The van der Waals surface area contributed by atoms with E-state index in [1.165, 1.54) is 0 Å². The molecular weight excluding hydrogens is 531 g/mol. The highest BCUT2D eigenvalue weighted by Crippen LogP contribution is 2.33. The summed E-state index contributed by atoms with van der Waals surface area (Å²) in [6.07, 6.45) is 2.20. The molecule has 0 aliphatic carbocycles. The lowest BCUT2D eigenvalue weighted by Crippen LogP contribution is -2.43. The monoisotopic (exact) mass is 563 g/mol. The second-order valence-electron chi connectivity index (χ2n) is 9.18. The van der Waals surface area contributed by atoms with Crippen LogP contribution in [0.2, 0.25) is 0 Å². The van der Waals surface area contributed by atoms with Crippen LogP contribution in [0.4, 0.5) is 13.2 Å². The second-order valence-corrected chi connectivity index (χ2v) is 9.18. The van der Waals surface area contributed by atoms with Crippen LogP contribution in [-0.2, 0) is 25.5 Å². The number of hydrogen-bond acceptors (Lipinski definition) is 6. The molecule has 0 spiro atoms. The molecule has 2 heterocycles. The first kappa shape index (κ1) is 32.0. The molecule has 3 N–H and O–H groups in total. The van der Waals surface area contributed by atoms with Crippen molar-refractivity contribution in [1.82, 2.24) is 9.80 Å². The van der Waals surface area contributed by atoms with Crippen LogP contribution < -0.4 is 5.73 Å². The number of likely N-dealkylation sites (tertiary alicyclic amines) is 2. The number of carbonyl (C=O) groups excluding carboxylic acids is 3. The van der Waals surface area contributed by atoms with Crippen LogP contribution in [0, 0.1) is 23.4 Å². The van der Waals surface area contributed by atoms with Gasteiger partial charge in [-0.25, -0.2) is 18.0 Å². The third kappa shape index (κ3) is 8.40. The molecule has 3 atom stereocenters. The highest BCUT2D eigenvalue weighted by molar-refractivity contribution is 5.94. The van der Waals surface area contributed by atoms with Crippen molar-refractivity contribution in [1.29, 1.82) is 0 Å². The molecule has 40 heavy (non-hydrogen) atoms. The van der Waals surface area contributed by atoms with E-state index in [0.717, 1.165) is 18.7 Å². The number of rotatable bonds is 8. The summed E-state index contributed by atoms with van der Waals surface area (Å²) in [7, 11) is 0. The smallest absolute Gasteiger partial charge is 0.331 e. The molecule has 216 valence electrons. The van der Waals surface area contributed by atoms with Gasteiger partial charge in [0.1, 0.15) is 12.1 Å². The Morgan fingerprint density at radius 3 is 2.40 bits per heavy atom. The van der Waals surface area contributed by atoms with E-state index in [0.29, 0.717) is 37.3 Å². The Kier molecular flexibility index (Phi) is 11.9. The van der Waals surface area contributed by atoms with E-state index in [1.54, 1.807) is 21.9 Å². The standard InChI is InChI=1S/C23H24F3N3O2.C4H4O4.CH4/c24-18-11-20(26)19(25)9-16(18)8-17(27)10-22(30)29-7-6-15-12-28(13-21(15)29)23(31)14-4-2-1-3-5-14;5-3-8-2-1-4(6)7;/h1-5,9,11,15,17,21H,6-8,10,12-13,27H2;1-3H,(H,6,7);1H4/b;2-1+;/t15-,17+,21+;;/m0../s1. The van der Waals surface area contributed by atoms with Gasteiger partial charge in [0.25, 0.3) is 12.4 Å². The zero-order valence-electron chi connectivity index (χ0n) is 20.8. The summed E-state index contributed by atoms with van der Waals surface area (Å²) in [4.78, 5) is 48.0. The zero-order chi connectivity index (χ0) is 28.5. The zero-order valence-corrected chi connectivity index (χ0v) is 20.8. The summed E-state index contributed by atoms with van der Waals surface area (Å²) >= 11 is 0. The molecule has 9 nitrogen and oxygen atoms in total. The third-order valence-electron chi connectivity index (χ3n) is 6.53. The average Bonchev–Trinajstić information content (AvgIpc) is 3.49. The van der Waals surface area contributed by atoms with Crippen molar-refractivity contribution in [2.45, 2.75) is 38.8 Å². The van der Waals surface area contributed by atoms with Gasteiger partial charge in [-0.05, 0) is 36.6 Å². The molecule has 2 amide bonds. The molecule has 2 saturated heterocycles. The Bertz CT molecular complexity index is 1230. The van der Waals surface area contributed by atoms with Crippen LogP contribution >= 0.6 is 0 Å². The molecule has 0 bridgehead atoms. The fourth-order valence-corrected chi connectivity index (χ4v) is 4.75. The van der Waals surface area contributed by atoms with Gasteiger partial charge >= 0.3 is 5.97 Å². The molecule has 2 fully saturated rings. The van der Waals surface area contributed by atoms with Crippen molar-refractivity contribution < 1.29 is 42.2 Å². The number of carbonyl (C=O) groups is 4. The number of hydrogen-bond donors (Lipinski definition) is 2. The number of aliphatic carboxylic acids is 1. The maximum atomic E-state index is 13.9. The van der Waals surface area contributed by atoms with Crippen LogP contribution in [0.1, 0.15) is 36.2 Å². The number of carboxylic acid groups (broad SMARTS) is 1. The first-order valence-corrected chi connectivity index (χ1v) is 12.1. The molecule has 0 radical (unpaired) electrons. The molecule has 0 aromatic heterocycles. The topological polar surface area (TPSA) is 130 Å². The SMILES string of the molecule is C.N[C@@H](CC(=O)N1CC[C@H]2CN(C(=O)c3ccccc3)C[C@H]21)Cc1cc(F)c(F)cc1F.O=CO/C=C/C(=O)O. The first-order chi connectivity index (χ1) is 18.6. The molecule has 2 aromatic carbocycles. The van der Waals surface area contributed by atoms with E-state index < -0.39 is 29.5 Å². The van der Waals surface area contributed by atoms with E-state index in [9.17, 15) is 32.3 Å². The van der Waals surface area contributed by atoms with Gasteiger partial charge in [0.15, 0.2) is 11.6 Å². The summed E-state index contributed by atoms with van der Waals surface area (Å²) in [6, 6.07) is 9.51. The van der Waals surface area contributed by atoms with Gasteiger partial charge in [0.05, 0.1) is 12.1 Å². The lowest BCUT2D eigenvalue weighted by molar-refractivity contribution is -0.133. The molecule has 2 aromatic rings. The Balaban J connectivity index is 0.000000546. The maximum Gasteiger partial charge on any atom is 0.331 e.